The largest absolute Gasteiger partial charge is 0.506 e. The van der Waals surface area contributed by atoms with Gasteiger partial charge in [-0.15, -0.1) is 0 Å². The molecular weight excluding hydrogens is 354 g/mol. The number of nitrogens with zero attached hydrogens (tertiary/aromatic N) is 3. The second-order valence-electron chi connectivity index (χ2n) is 6.23. The zero-order valence-electron chi connectivity index (χ0n) is 14.7. The van der Waals surface area contributed by atoms with Crippen molar-refractivity contribution < 1.29 is 18.3 Å². The van der Waals surface area contributed by atoms with Crippen molar-refractivity contribution in [2.24, 2.45) is 0 Å². The standard InChI is InChI=1S/C18H19N3O4S/c1-12-19-17-15(9-14(10-16(17)22)18(23)20(2)3)21(12)26(24,25)11-13-7-5-4-6-8-13/h4-10,22H,11H2,1-3H3. The van der Waals surface area contributed by atoms with Crippen LogP contribution in [0, 0.1) is 6.92 Å². The Morgan fingerprint density at radius 3 is 2.46 bits per heavy atom. The maximum absolute atomic E-state index is 13.0. The summed E-state index contributed by atoms with van der Waals surface area (Å²) in [5.41, 5.74) is 1.16. The van der Waals surface area contributed by atoms with Crippen LogP contribution in [0.3, 0.4) is 0 Å². The van der Waals surface area contributed by atoms with Gasteiger partial charge in [0.1, 0.15) is 17.1 Å². The first kappa shape index (κ1) is 17.9. The van der Waals surface area contributed by atoms with E-state index >= 15 is 0 Å². The van der Waals surface area contributed by atoms with E-state index in [1.54, 1.807) is 45.3 Å². The van der Waals surface area contributed by atoms with E-state index in [2.05, 4.69) is 4.98 Å². The highest BCUT2D eigenvalue weighted by atomic mass is 32.2. The summed E-state index contributed by atoms with van der Waals surface area (Å²) in [5.74, 6) is -0.564. The summed E-state index contributed by atoms with van der Waals surface area (Å²) in [6, 6.07) is 11.5. The average molecular weight is 373 g/mol. The van der Waals surface area contributed by atoms with Crippen LogP contribution in [-0.2, 0) is 15.8 Å². The lowest BCUT2D eigenvalue weighted by Gasteiger charge is -2.12. The van der Waals surface area contributed by atoms with Crippen LogP contribution in [-0.4, -0.2) is 47.4 Å². The van der Waals surface area contributed by atoms with Crippen molar-refractivity contribution in [3.63, 3.8) is 0 Å². The van der Waals surface area contributed by atoms with Crippen molar-refractivity contribution in [2.45, 2.75) is 12.7 Å². The fourth-order valence-corrected chi connectivity index (χ4v) is 4.46. The highest BCUT2D eigenvalue weighted by molar-refractivity contribution is 7.89. The van der Waals surface area contributed by atoms with Gasteiger partial charge in [0.2, 0.25) is 10.0 Å². The molecule has 0 spiro atoms. The average Bonchev–Trinajstić information content (AvgIpc) is 2.92. The molecule has 1 amide bonds. The number of imidazole rings is 1. The summed E-state index contributed by atoms with van der Waals surface area (Å²) in [4.78, 5) is 17.8. The molecule has 0 saturated carbocycles. The van der Waals surface area contributed by atoms with Gasteiger partial charge in [0.05, 0.1) is 11.3 Å². The van der Waals surface area contributed by atoms with Crippen molar-refractivity contribution in [2.75, 3.05) is 14.1 Å². The Balaban J connectivity index is 2.19. The molecule has 0 unspecified atom stereocenters. The molecule has 3 aromatic rings. The molecule has 1 N–H and O–H groups in total. The topological polar surface area (TPSA) is 92.5 Å². The number of carbonyl (C=O) groups is 1. The molecule has 0 saturated heterocycles. The van der Waals surface area contributed by atoms with E-state index in [1.165, 1.54) is 17.0 Å². The summed E-state index contributed by atoms with van der Waals surface area (Å²) < 4.78 is 27.0. The van der Waals surface area contributed by atoms with Crippen molar-refractivity contribution in [1.29, 1.82) is 0 Å². The summed E-state index contributed by atoms with van der Waals surface area (Å²) in [7, 11) is -0.625. The fraction of sp³-hybridized carbons (Fsp3) is 0.222. The normalized spacial score (nSPS) is 11.7. The first-order valence-electron chi connectivity index (χ1n) is 7.91. The van der Waals surface area contributed by atoms with E-state index < -0.39 is 10.0 Å². The molecule has 0 atom stereocenters. The summed E-state index contributed by atoms with van der Waals surface area (Å²) in [6.07, 6.45) is 0. The Morgan fingerprint density at radius 1 is 1.19 bits per heavy atom. The van der Waals surface area contributed by atoms with Crippen molar-refractivity contribution >= 4 is 27.0 Å². The number of aromatic hydroxyl groups is 1. The third kappa shape index (κ3) is 3.15. The van der Waals surface area contributed by atoms with E-state index in [9.17, 15) is 18.3 Å². The molecule has 0 aliphatic carbocycles. The smallest absolute Gasteiger partial charge is 0.253 e. The molecule has 0 aliphatic rings. The molecule has 1 aromatic heterocycles. The van der Waals surface area contributed by atoms with Gasteiger partial charge in [-0.2, -0.15) is 0 Å². The van der Waals surface area contributed by atoms with Crippen LogP contribution in [0.5, 0.6) is 5.75 Å². The third-order valence-electron chi connectivity index (χ3n) is 3.98. The molecule has 7 nitrogen and oxygen atoms in total. The van der Waals surface area contributed by atoms with Gasteiger partial charge >= 0.3 is 0 Å². The molecular formula is C18H19N3O4S. The quantitative estimate of drug-likeness (QED) is 0.756. The number of phenols is 1. The second-order valence-corrected chi connectivity index (χ2v) is 8.05. The minimum Gasteiger partial charge on any atom is -0.506 e. The van der Waals surface area contributed by atoms with Gasteiger partial charge in [0.25, 0.3) is 5.91 Å². The van der Waals surface area contributed by atoms with E-state index in [-0.39, 0.29) is 39.8 Å². The molecule has 3 rings (SSSR count). The van der Waals surface area contributed by atoms with Crippen LogP contribution in [0.25, 0.3) is 11.0 Å². The van der Waals surface area contributed by atoms with Gasteiger partial charge in [-0.3, -0.25) is 4.79 Å². The number of fused-ring (bicyclic) bond motifs is 1. The van der Waals surface area contributed by atoms with Crippen LogP contribution in [0.4, 0.5) is 0 Å². The number of aromatic nitrogens is 2. The van der Waals surface area contributed by atoms with E-state index in [4.69, 9.17) is 0 Å². The molecule has 136 valence electrons. The molecule has 2 aromatic carbocycles. The van der Waals surface area contributed by atoms with Crippen molar-refractivity contribution in [3.8, 4) is 5.75 Å². The van der Waals surface area contributed by atoms with E-state index in [0.717, 1.165) is 3.97 Å². The molecule has 26 heavy (non-hydrogen) atoms. The first-order valence-corrected chi connectivity index (χ1v) is 9.52. The highest BCUT2D eigenvalue weighted by Gasteiger charge is 2.24. The summed E-state index contributed by atoms with van der Waals surface area (Å²) >= 11 is 0. The summed E-state index contributed by atoms with van der Waals surface area (Å²) in [6.45, 7) is 1.55. The molecule has 8 heteroatoms. The Hall–Kier alpha value is -2.87. The Kier molecular flexibility index (Phi) is 4.45. The number of carbonyl (C=O) groups excluding carboxylic acids is 1. The van der Waals surface area contributed by atoms with Crippen LogP contribution in [0.1, 0.15) is 21.7 Å². The monoisotopic (exact) mass is 373 g/mol. The maximum atomic E-state index is 13.0. The van der Waals surface area contributed by atoms with Gasteiger partial charge in [-0.05, 0) is 24.6 Å². The molecule has 1 heterocycles. The molecule has 0 aliphatic heterocycles. The van der Waals surface area contributed by atoms with E-state index in [0.29, 0.717) is 5.56 Å². The molecule has 0 bridgehead atoms. The SMILES string of the molecule is Cc1nc2c(O)cc(C(=O)N(C)C)cc2n1S(=O)(=O)Cc1ccccc1. The van der Waals surface area contributed by atoms with Crippen LogP contribution < -0.4 is 0 Å². The van der Waals surface area contributed by atoms with Crippen molar-refractivity contribution in [3.05, 3.63) is 59.4 Å². The lowest BCUT2D eigenvalue weighted by Crippen LogP contribution is -2.22. The van der Waals surface area contributed by atoms with E-state index in [1.807, 2.05) is 6.07 Å². The number of phenolic OH excluding ortho intramolecular Hbond substituents is 1. The maximum Gasteiger partial charge on any atom is 0.253 e. The molecule has 0 fully saturated rings. The van der Waals surface area contributed by atoms with Gasteiger partial charge < -0.3 is 10.0 Å². The minimum absolute atomic E-state index is 0.148. The number of benzene rings is 2. The number of rotatable bonds is 4. The summed E-state index contributed by atoms with van der Waals surface area (Å²) in [5, 5.41) is 10.2. The Morgan fingerprint density at radius 2 is 1.85 bits per heavy atom. The van der Waals surface area contributed by atoms with Crippen LogP contribution >= 0.6 is 0 Å². The van der Waals surface area contributed by atoms with Gasteiger partial charge in [0.15, 0.2) is 0 Å². The van der Waals surface area contributed by atoms with Crippen LogP contribution in [0.15, 0.2) is 42.5 Å². The predicted octanol–water partition coefficient (Wildman–Crippen LogP) is 2.13. The van der Waals surface area contributed by atoms with Gasteiger partial charge in [-0.1, -0.05) is 30.3 Å². The Labute approximate surface area is 151 Å². The van der Waals surface area contributed by atoms with Gasteiger partial charge in [0, 0.05) is 19.7 Å². The Bertz CT molecular complexity index is 1090. The zero-order chi connectivity index (χ0) is 19.1. The number of hydrogen-bond acceptors (Lipinski definition) is 5. The highest BCUT2D eigenvalue weighted by Crippen LogP contribution is 2.29. The lowest BCUT2D eigenvalue weighted by molar-refractivity contribution is 0.0827. The van der Waals surface area contributed by atoms with Crippen molar-refractivity contribution in [1.82, 2.24) is 13.9 Å². The first-order chi connectivity index (χ1) is 12.2. The van der Waals surface area contributed by atoms with Gasteiger partial charge in [-0.25, -0.2) is 17.4 Å². The lowest BCUT2D eigenvalue weighted by atomic mass is 10.1. The number of amides is 1. The number of hydrogen-bond donors (Lipinski definition) is 1. The predicted molar refractivity (Wildman–Crippen MR) is 98.6 cm³/mol. The third-order valence-corrected chi connectivity index (χ3v) is 5.69. The number of aryl methyl sites for hydroxylation is 1. The minimum atomic E-state index is -3.79. The van der Waals surface area contributed by atoms with Crippen LogP contribution in [0.2, 0.25) is 0 Å². The fourth-order valence-electron chi connectivity index (χ4n) is 2.84. The second kappa shape index (κ2) is 6.45. The molecule has 0 radical (unpaired) electrons. The zero-order valence-corrected chi connectivity index (χ0v) is 15.5.